The van der Waals surface area contributed by atoms with Crippen LogP contribution < -0.4 is 11.1 Å². The molecule has 0 heterocycles. The van der Waals surface area contributed by atoms with Gasteiger partial charge in [0, 0.05) is 29.9 Å². The fourth-order valence-electron chi connectivity index (χ4n) is 4.39. The molecule has 0 unspecified atom stereocenters. The molecule has 0 bridgehead atoms. The van der Waals surface area contributed by atoms with Crippen LogP contribution in [0.25, 0.3) is 0 Å². The van der Waals surface area contributed by atoms with Gasteiger partial charge in [-0.15, -0.1) is 0 Å². The van der Waals surface area contributed by atoms with Crippen LogP contribution in [0, 0.1) is 5.82 Å². The summed E-state index contributed by atoms with van der Waals surface area (Å²) in [4.78, 5) is 27.5. The number of ether oxygens (including phenoxy) is 1. The van der Waals surface area contributed by atoms with Gasteiger partial charge in [-0.3, -0.25) is 10.1 Å². The fourth-order valence-corrected chi connectivity index (χ4v) is 4.39. The van der Waals surface area contributed by atoms with Crippen LogP contribution in [0.2, 0.25) is 0 Å². The number of anilines is 1. The molecule has 0 aromatic heterocycles. The van der Waals surface area contributed by atoms with Crippen molar-refractivity contribution in [1.29, 1.82) is 0 Å². The third kappa shape index (κ3) is 6.90. The van der Waals surface area contributed by atoms with Crippen molar-refractivity contribution in [1.82, 2.24) is 4.90 Å². The smallest absolute Gasteiger partial charge is 0.411 e. The summed E-state index contributed by atoms with van der Waals surface area (Å²) in [6, 6.07) is 22.7. The molecular weight excluding hydrogens is 445 g/mol. The first-order valence-corrected chi connectivity index (χ1v) is 11.9. The molecule has 0 radical (unpaired) electrons. The third-order valence-corrected chi connectivity index (χ3v) is 6.25. The predicted octanol–water partition coefficient (Wildman–Crippen LogP) is 5.49. The van der Waals surface area contributed by atoms with Crippen molar-refractivity contribution >= 4 is 17.7 Å². The lowest BCUT2D eigenvalue weighted by molar-refractivity contribution is 0.0606. The number of nitrogens with two attached hydrogens (primary N) is 1. The molecule has 0 saturated heterocycles. The third-order valence-electron chi connectivity index (χ3n) is 6.25. The average Bonchev–Trinajstić information content (AvgIpc) is 2.87. The Bertz CT molecular complexity index is 1150. The first-order valence-electron chi connectivity index (χ1n) is 11.9. The second kappa shape index (κ2) is 11.6. The van der Waals surface area contributed by atoms with Gasteiger partial charge in [0.15, 0.2) is 0 Å². The second-order valence-electron chi connectivity index (χ2n) is 8.90. The molecule has 0 atom stereocenters. The van der Waals surface area contributed by atoms with E-state index in [2.05, 4.69) is 5.32 Å². The number of benzene rings is 3. The highest BCUT2D eigenvalue weighted by Crippen LogP contribution is 2.26. The standard InChI is InChI=1S/C28H30FN3O3/c29-23-10-5-9-22(17-23)27(33)32(26-14-12-24(30)13-15-26)18-21-8-4-11-25(16-21)31-28(34)35-19-20-6-2-1-3-7-20/h1-11,16-17,24,26H,12-15,18-19,30H2,(H,31,34). The van der Waals surface area contributed by atoms with E-state index in [1.165, 1.54) is 12.1 Å². The number of hydrogen-bond acceptors (Lipinski definition) is 4. The normalized spacial score (nSPS) is 17.4. The van der Waals surface area contributed by atoms with Gasteiger partial charge in [-0.05, 0) is 67.1 Å². The van der Waals surface area contributed by atoms with Gasteiger partial charge < -0.3 is 15.4 Å². The van der Waals surface area contributed by atoms with Crippen LogP contribution in [0.3, 0.4) is 0 Å². The Labute approximate surface area is 204 Å². The Kier molecular flexibility index (Phi) is 8.11. The molecule has 2 amide bonds. The van der Waals surface area contributed by atoms with Crippen molar-refractivity contribution in [2.75, 3.05) is 5.32 Å². The Morgan fingerprint density at radius 2 is 1.63 bits per heavy atom. The van der Waals surface area contributed by atoms with Crippen molar-refractivity contribution in [3.05, 3.63) is 101 Å². The highest BCUT2D eigenvalue weighted by Gasteiger charge is 2.29. The summed E-state index contributed by atoms with van der Waals surface area (Å²) in [6.45, 7) is 0.510. The molecule has 0 aliphatic heterocycles. The minimum Gasteiger partial charge on any atom is -0.444 e. The lowest BCUT2D eigenvalue weighted by atomic mass is 9.90. The van der Waals surface area contributed by atoms with E-state index in [0.717, 1.165) is 36.8 Å². The highest BCUT2D eigenvalue weighted by atomic mass is 19.1. The van der Waals surface area contributed by atoms with Gasteiger partial charge in [-0.2, -0.15) is 0 Å². The van der Waals surface area contributed by atoms with Gasteiger partial charge >= 0.3 is 6.09 Å². The minimum absolute atomic E-state index is 0.0121. The van der Waals surface area contributed by atoms with Gasteiger partial charge in [-0.25, -0.2) is 9.18 Å². The molecule has 35 heavy (non-hydrogen) atoms. The summed E-state index contributed by atoms with van der Waals surface area (Å²) in [7, 11) is 0. The first kappa shape index (κ1) is 24.4. The van der Waals surface area contributed by atoms with Gasteiger partial charge in [0.05, 0.1) is 0 Å². The molecule has 1 aliphatic rings. The molecule has 182 valence electrons. The number of amides is 2. The number of halogens is 1. The topological polar surface area (TPSA) is 84.7 Å². The molecule has 6 nitrogen and oxygen atoms in total. The summed E-state index contributed by atoms with van der Waals surface area (Å²) in [5.74, 6) is -0.660. The van der Waals surface area contributed by atoms with E-state index >= 15 is 0 Å². The van der Waals surface area contributed by atoms with E-state index in [0.29, 0.717) is 17.8 Å². The SMILES string of the molecule is NC1CCC(N(Cc2cccc(NC(=O)OCc3ccccc3)c2)C(=O)c2cccc(F)c2)CC1. The molecule has 3 aromatic rings. The zero-order valence-electron chi connectivity index (χ0n) is 19.5. The molecule has 1 saturated carbocycles. The lowest BCUT2D eigenvalue weighted by Gasteiger charge is -2.36. The maximum absolute atomic E-state index is 13.8. The molecule has 1 fully saturated rings. The van der Waals surface area contributed by atoms with Gasteiger partial charge in [0.1, 0.15) is 12.4 Å². The number of carbonyl (C=O) groups is 2. The minimum atomic E-state index is -0.556. The second-order valence-corrected chi connectivity index (χ2v) is 8.90. The quantitative estimate of drug-likeness (QED) is 0.473. The summed E-state index contributed by atoms with van der Waals surface area (Å²) in [6.07, 6.45) is 2.72. The zero-order chi connectivity index (χ0) is 24.6. The summed E-state index contributed by atoms with van der Waals surface area (Å²) < 4.78 is 19.1. The van der Waals surface area contributed by atoms with E-state index in [-0.39, 0.29) is 24.6 Å². The number of carbonyl (C=O) groups excluding carboxylic acids is 2. The van der Waals surface area contributed by atoms with Crippen LogP contribution in [-0.2, 0) is 17.9 Å². The molecular formula is C28H30FN3O3. The number of rotatable bonds is 7. The Morgan fingerprint density at radius 3 is 2.37 bits per heavy atom. The largest absolute Gasteiger partial charge is 0.444 e. The molecule has 3 aromatic carbocycles. The molecule has 4 rings (SSSR count). The number of hydrogen-bond donors (Lipinski definition) is 2. The molecule has 7 heteroatoms. The summed E-state index contributed by atoms with van der Waals surface area (Å²) >= 11 is 0. The lowest BCUT2D eigenvalue weighted by Crippen LogP contribution is -2.43. The van der Waals surface area contributed by atoms with Crippen molar-refractivity contribution < 1.29 is 18.7 Å². The van der Waals surface area contributed by atoms with Gasteiger partial charge in [0.2, 0.25) is 0 Å². The Morgan fingerprint density at radius 1 is 0.914 bits per heavy atom. The monoisotopic (exact) mass is 475 g/mol. The summed E-state index contributed by atoms with van der Waals surface area (Å²) in [5, 5.41) is 2.75. The van der Waals surface area contributed by atoms with E-state index in [1.807, 2.05) is 48.5 Å². The first-order chi connectivity index (χ1) is 17.0. The molecule has 0 spiro atoms. The molecule has 1 aliphatic carbocycles. The van der Waals surface area contributed by atoms with Crippen molar-refractivity contribution in [2.24, 2.45) is 5.73 Å². The van der Waals surface area contributed by atoms with Crippen LogP contribution in [0.5, 0.6) is 0 Å². The zero-order valence-corrected chi connectivity index (χ0v) is 19.5. The maximum atomic E-state index is 13.8. The van der Waals surface area contributed by atoms with Gasteiger partial charge in [0.25, 0.3) is 5.91 Å². The van der Waals surface area contributed by atoms with Crippen LogP contribution in [0.15, 0.2) is 78.9 Å². The van der Waals surface area contributed by atoms with Crippen molar-refractivity contribution in [2.45, 2.75) is 50.9 Å². The number of nitrogens with one attached hydrogen (secondary N) is 1. The van der Waals surface area contributed by atoms with Crippen LogP contribution in [0.1, 0.15) is 47.2 Å². The Hall–Kier alpha value is -3.71. The predicted molar refractivity (Wildman–Crippen MR) is 133 cm³/mol. The van der Waals surface area contributed by atoms with Crippen molar-refractivity contribution in [3.8, 4) is 0 Å². The van der Waals surface area contributed by atoms with E-state index < -0.39 is 11.9 Å². The fraction of sp³-hybridized carbons (Fsp3) is 0.286. The van der Waals surface area contributed by atoms with Crippen molar-refractivity contribution in [3.63, 3.8) is 0 Å². The van der Waals surface area contributed by atoms with E-state index in [4.69, 9.17) is 10.5 Å². The summed E-state index contributed by atoms with van der Waals surface area (Å²) in [5.41, 5.74) is 8.72. The van der Waals surface area contributed by atoms with E-state index in [1.54, 1.807) is 23.1 Å². The van der Waals surface area contributed by atoms with Crippen LogP contribution in [0.4, 0.5) is 14.9 Å². The maximum Gasteiger partial charge on any atom is 0.411 e. The molecule has 3 N–H and O–H groups in total. The average molecular weight is 476 g/mol. The van der Waals surface area contributed by atoms with Crippen LogP contribution in [-0.4, -0.2) is 29.0 Å². The van der Waals surface area contributed by atoms with E-state index in [9.17, 15) is 14.0 Å². The highest BCUT2D eigenvalue weighted by molar-refractivity contribution is 5.94. The number of nitrogens with zero attached hydrogens (tertiary/aromatic N) is 1. The van der Waals surface area contributed by atoms with Crippen LogP contribution >= 0.6 is 0 Å². The van der Waals surface area contributed by atoms with Gasteiger partial charge in [-0.1, -0.05) is 48.5 Å². The Balaban J connectivity index is 1.46.